The topological polar surface area (TPSA) is 109 Å². The van der Waals surface area contributed by atoms with E-state index in [1.165, 1.54) is 11.3 Å². The van der Waals surface area contributed by atoms with Crippen LogP contribution in [-0.2, 0) is 9.59 Å². The van der Waals surface area contributed by atoms with Crippen LogP contribution in [0.15, 0.2) is 6.07 Å². The van der Waals surface area contributed by atoms with Crippen LogP contribution in [0.25, 0.3) is 0 Å². The average molecular weight is 270 g/mol. The molecule has 0 aromatic carbocycles. The SMILES string of the molecule is Cc1cc(C(=O)N[C@@H](CC(N)=O)C(=O)O)c(C)s1. The Bertz CT molecular complexity index is 495. The Labute approximate surface area is 108 Å². The highest BCUT2D eigenvalue weighted by atomic mass is 32.1. The number of primary amides is 1. The number of carbonyl (C=O) groups is 3. The van der Waals surface area contributed by atoms with Crippen molar-refractivity contribution in [3.8, 4) is 0 Å². The van der Waals surface area contributed by atoms with Crippen LogP contribution in [0.1, 0.15) is 26.5 Å². The summed E-state index contributed by atoms with van der Waals surface area (Å²) in [6.45, 7) is 3.63. The van der Waals surface area contributed by atoms with Crippen molar-refractivity contribution < 1.29 is 19.5 Å². The van der Waals surface area contributed by atoms with Gasteiger partial charge in [0.15, 0.2) is 0 Å². The monoisotopic (exact) mass is 270 g/mol. The van der Waals surface area contributed by atoms with Gasteiger partial charge in [-0.2, -0.15) is 0 Å². The molecule has 0 aliphatic carbocycles. The standard InChI is InChI=1S/C11H14N2O4S/c1-5-3-7(6(2)18-5)10(15)13-8(11(16)17)4-9(12)14/h3,8H,4H2,1-2H3,(H2,12,14)(H,13,15)(H,16,17)/t8-/m0/s1. The van der Waals surface area contributed by atoms with E-state index in [0.717, 1.165) is 9.75 Å². The first-order valence-electron chi connectivity index (χ1n) is 5.20. The van der Waals surface area contributed by atoms with Gasteiger partial charge in [0.25, 0.3) is 5.91 Å². The highest BCUT2D eigenvalue weighted by Gasteiger charge is 2.23. The number of amides is 2. The number of thiophene rings is 1. The number of nitrogens with one attached hydrogen (secondary N) is 1. The Hall–Kier alpha value is -1.89. The highest BCUT2D eigenvalue weighted by Crippen LogP contribution is 2.20. The first-order chi connectivity index (χ1) is 8.31. The van der Waals surface area contributed by atoms with Gasteiger partial charge in [-0.1, -0.05) is 0 Å². The molecule has 1 atom stereocenters. The third-order valence-corrected chi connectivity index (χ3v) is 3.26. The molecule has 98 valence electrons. The zero-order chi connectivity index (χ0) is 13.9. The van der Waals surface area contributed by atoms with Crippen molar-refractivity contribution in [1.29, 1.82) is 0 Å². The molecule has 0 aliphatic rings. The van der Waals surface area contributed by atoms with Crippen LogP contribution in [0.5, 0.6) is 0 Å². The molecule has 0 fully saturated rings. The molecule has 6 nitrogen and oxygen atoms in total. The van der Waals surface area contributed by atoms with Gasteiger partial charge in [0.2, 0.25) is 5.91 Å². The fraction of sp³-hybridized carbons (Fsp3) is 0.364. The molecule has 0 radical (unpaired) electrons. The quantitative estimate of drug-likeness (QED) is 0.720. The van der Waals surface area contributed by atoms with E-state index < -0.39 is 30.2 Å². The zero-order valence-corrected chi connectivity index (χ0v) is 10.8. The third-order valence-electron chi connectivity index (χ3n) is 2.29. The number of hydrogen-bond donors (Lipinski definition) is 3. The fourth-order valence-electron chi connectivity index (χ4n) is 1.49. The summed E-state index contributed by atoms with van der Waals surface area (Å²) in [5.41, 5.74) is 5.35. The maximum atomic E-state index is 11.9. The van der Waals surface area contributed by atoms with Crippen LogP contribution in [0.2, 0.25) is 0 Å². The van der Waals surface area contributed by atoms with Gasteiger partial charge in [-0.05, 0) is 19.9 Å². The van der Waals surface area contributed by atoms with E-state index in [4.69, 9.17) is 10.8 Å². The minimum atomic E-state index is -1.30. The molecule has 0 saturated heterocycles. The summed E-state index contributed by atoms with van der Waals surface area (Å²) in [6, 6.07) is 0.382. The summed E-state index contributed by atoms with van der Waals surface area (Å²) >= 11 is 1.45. The lowest BCUT2D eigenvalue weighted by molar-refractivity contribution is -0.140. The molecular weight excluding hydrogens is 256 g/mol. The van der Waals surface area contributed by atoms with E-state index in [9.17, 15) is 14.4 Å². The zero-order valence-electron chi connectivity index (χ0n) is 10.0. The lowest BCUT2D eigenvalue weighted by atomic mass is 10.1. The second-order valence-electron chi connectivity index (χ2n) is 3.86. The highest BCUT2D eigenvalue weighted by molar-refractivity contribution is 7.12. The predicted octanol–water partition coefficient (Wildman–Crippen LogP) is 0.423. The molecule has 2 amide bonds. The van der Waals surface area contributed by atoms with E-state index in [-0.39, 0.29) is 0 Å². The Balaban J connectivity index is 2.81. The Kier molecular flexibility index (Phi) is 4.43. The first kappa shape index (κ1) is 14.2. The van der Waals surface area contributed by atoms with Gasteiger partial charge < -0.3 is 16.2 Å². The van der Waals surface area contributed by atoms with Crippen LogP contribution in [0, 0.1) is 13.8 Å². The average Bonchev–Trinajstić information content (AvgIpc) is 2.56. The van der Waals surface area contributed by atoms with Crippen LogP contribution < -0.4 is 11.1 Å². The predicted molar refractivity (Wildman–Crippen MR) is 66.5 cm³/mol. The number of carbonyl (C=O) groups excluding carboxylic acids is 2. The van der Waals surface area contributed by atoms with E-state index in [2.05, 4.69) is 5.32 Å². The largest absolute Gasteiger partial charge is 0.480 e. The molecule has 18 heavy (non-hydrogen) atoms. The first-order valence-corrected chi connectivity index (χ1v) is 6.02. The Morgan fingerprint density at radius 1 is 1.44 bits per heavy atom. The molecule has 1 rings (SSSR count). The van der Waals surface area contributed by atoms with Crippen molar-refractivity contribution in [1.82, 2.24) is 5.32 Å². The van der Waals surface area contributed by atoms with Crippen molar-refractivity contribution in [2.45, 2.75) is 26.3 Å². The summed E-state index contributed by atoms with van der Waals surface area (Å²) in [6.07, 6.45) is -0.427. The van der Waals surface area contributed by atoms with Crippen molar-refractivity contribution in [3.05, 3.63) is 21.4 Å². The summed E-state index contributed by atoms with van der Waals surface area (Å²) in [7, 11) is 0. The molecule has 0 aliphatic heterocycles. The fourth-order valence-corrected chi connectivity index (χ4v) is 2.41. The number of carboxylic acids is 1. The van der Waals surface area contributed by atoms with Crippen LogP contribution in [0.4, 0.5) is 0 Å². The number of rotatable bonds is 5. The normalized spacial score (nSPS) is 11.9. The molecule has 0 spiro atoms. The maximum absolute atomic E-state index is 11.9. The van der Waals surface area contributed by atoms with E-state index >= 15 is 0 Å². The molecule has 1 aromatic rings. The molecule has 7 heteroatoms. The minimum absolute atomic E-state index is 0.424. The maximum Gasteiger partial charge on any atom is 0.326 e. The number of hydrogen-bond acceptors (Lipinski definition) is 4. The lowest BCUT2D eigenvalue weighted by Gasteiger charge is -2.12. The molecule has 1 aromatic heterocycles. The summed E-state index contributed by atoms with van der Waals surface area (Å²) in [5.74, 6) is -2.57. The van der Waals surface area contributed by atoms with E-state index in [0.29, 0.717) is 5.56 Å². The van der Waals surface area contributed by atoms with Gasteiger partial charge in [-0.3, -0.25) is 9.59 Å². The molecule has 0 saturated carbocycles. The minimum Gasteiger partial charge on any atom is -0.480 e. The Morgan fingerprint density at radius 2 is 2.06 bits per heavy atom. The third kappa shape index (κ3) is 3.56. The van der Waals surface area contributed by atoms with Crippen molar-refractivity contribution in [2.75, 3.05) is 0 Å². The van der Waals surface area contributed by atoms with Gasteiger partial charge in [0.05, 0.1) is 12.0 Å². The number of aryl methyl sites for hydroxylation is 2. The molecule has 4 N–H and O–H groups in total. The second kappa shape index (κ2) is 5.63. The van der Waals surface area contributed by atoms with Crippen molar-refractivity contribution in [3.63, 3.8) is 0 Å². The smallest absolute Gasteiger partial charge is 0.326 e. The van der Waals surface area contributed by atoms with Gasteiger partial charge in [-0.15, -0.1) is 11.3 Å². The number of nitrogens with two attached hydrogens (primary N) is 1. The second-order valence-corrected chi connectivity index (χ2v) is 5.32. The summed E-state index contributed by atoms with van der Waals surface area (Å²) in [4.78, 5) is 35.2. The van der Waals surface area contributed by atoms with E-state index in [1.54, 1.807) is 13.0 Å². The van der Waals surface area contributed by atoms with Crippen molar-refractivity contribution in [2.24, 2.45) is 5.73 Å². The van der Waals surface area contributed by atoms with Gasteiger partial charge >= 0.3 is 5.97 Å². The van der Waals surface area contributed by atoms with E-state index in [1.807, 2.05) is 6.92 Å². The molecule has 0 bridgehead atoms. The van der Waals surface area contributed by atoms with Gasteiger partial charge in [-0.25, -0.2) is 4.79 Å². The number of carboxylic acid groups (broad SMARTS) is 1. The molecular formula is C11H14N2O4S. The molecule has 0 unspecified atom stereocenters. The van der Waals surface area contributed by atoms with Gasteiger partial charge in [0, 0.05) is 9.75 Å². The summed E-state index contributed by atoms with van der Waals surface area (Å²) in [5, 5.41) is 11.2. The van der Waals surface area contributed by atoms with Crippen LogP contribution >= 0.6 is 11.3 Å². The summed E-state index contributed by atoms with van der Waals surface area (Å²) < 4.78 is 0. The van der Waals surface area contributed by atoms with Crippen molar-refractivity contribution >= 4 is 29.1 Å². The van der Waals surface area contributed by atoms with Crippen LogP contribution in [-0.4, -0.2) is 28.9 Å². The Morgan fingerprint density at radius 3 is 2.44 bits per heavy atom. The lowest BCUT2D eigenvalue weighted by Crippen LogP contribution is -2.43. The van der Waals surface area contributed by atoms with Crippen LogP contribution in [0.3, 0.4) is 0 Å². The van der Waals surface area contributed by atoms with Gasteiger partial charge in [0.1, 0.15) is 6.04 Å². The number of aliphatic carboxylic acids is 1. The molecule has 1 heterocycles.